The smallest absolute Gasteiger partial charge is 0.373 e. The molecule has 147 heavy (non-hydrogen) atoms. The van der Waals surface area contributed by atoms with Crippen molar-refractivity contribution in [2.45, 2.75) is 75.7 Å². The number of hydrogen-bond donors (Lipinski definition) is 1. The molecule has 15 aromatic carbocycles. The van der Waals surface area contributed by atoms with E-state index in [-0.39, 0.29) is 45.4 Å². The maximum Gasteiger partial charge on any atom is 0.373 e. The predicted molar refractivity (Wildman–Crippen MR) is 572 cm³/mol. The molecule has 0 bridgehead atoms. The van der Waals surface area contributed by atoms with Gasteiger partial charge in [-0.15, -0.1) is 0 Å². The van der Waals surface area contributed by atoms with Gasteiger partial charge in [-0.3, -0.25) is 0 Å². The van der Waals surface area contributed by atoms with Gasteiger partial charge in [-0.1, -0.05) is 125 Å². The fraction of sp³-hybridized carbons (Fsp3) is 0.0909. The van der Waals surface area contributed by atoms with Gasteiger partial charge in [0, 0.05) is 48.2 Å². The minimum absolute atomic E-state index is 0.0406. The fourth-order valence-corrected chi connectivity index (χ4v) is 19.3. The number of aromatic hydroxyl groups is 1. The maximum absolute atomic E-state index is 13.4. The Hall–Kier alpha value is -18.8. The van der Waals surface area contributed by atoms with Crippen molar-refractivity contribution in [1.82, 2.24) is 0 Å². The summed E-state index contributed by atoms with van der Waals surface area (Å²) in [5.41, 5.74) is 20.2. The van der Waals surface area contributed by atoms with Crippen LogP contribution in [0.3, 0.4) is 0 Å². The SMILES string of the molecule is CCc1ccc2oc3c4ccc(C)cc4oc(=O)c3c2c1.Cc1ccc2c(c1)oc(=O)c1c2oc2ccc3ccccc3c21.Cc1ccc2c(c1)oc(=O)c1c3cc(C)ccc3oc21.Cc1ccc2c(c1)oc(=O)c1c3cc(C)ccc3oc21.Cc1ccc2c(c1)oc(=O)c1c3cc(F)ccc3oc21.Cc1ccc2c(c1)oc(=O)c1c3ccc(C)cc3oc21.O=C=O.O=c1oc2cc(O)ccc2c2oc3ccc(Br)cc3c12. The largest absolute Gasteiger partial charge is 0.508 e. The summed E-state index contributed by atoms with van der Waals surface area (Å²) in [7, 11) is 0. The molecule has 0 fully saturated rings. The molecule has 0 atom stereocenters. The zero-order valence-electron chi connectivity index (χ0n) is 79.8. The molecule has 0 saturated heterocycles. The van der Waals surface area contributed by atoms with Gasteiger partial charge in [-0.25, -0.2) is 38.0 Å². The van der Waals surface area contributed by atoms with Crippen LogP contribution in [0, 0.1) is 68.1 Å². The zero-order valence-corrected chi connectivity index (χ0v) is 81.4. The molecule has 26 heteroatoms. The third-order valence-electron chi connectivity index (χ3n) is 25.9. The molecule has 29 aromatic rings. The number of phenolic OH excluding ortho intramolecular Hbond substituents is 1. The topological polar surface area (TPSA) is 358 Å². The third kappa shape index (κ3) is 16.8. The van der Waals surface area contributed by atoms with Crippen LogP contribution in [0.1, 0.15) is 62.6 Å². The lowest BCUT2D eigenvalue weighted by Crippen LogP contribution is -1.98. The number of aryl methyl sites for hydroxylation is 10. The molecule has 14 heterocycles. The van der Waals surface area contributed by atoms with E-state index in [9.17, 15) is 43.1 Å². The van der Waals surface area contributed by atoms with Crippen molar-refractivity contribution in [1.29, 1.82) is 0 Å². The van der Waals surface area contributed by atoms with E-state index in [4.69, 9.17) is 71.4 Å². The highest BCUT2D eigenvalue weighted by atomic mass is 79.9. The van der Waals surface area contributed by atoms with Crippen LogP contribution in [0.5, 0.6) is 5.75 Å². The third-order valence-corrected chi connectivity index (χ3v) is 26.4. The monoisotopic (exact) mass is 2010 g/mol. The number of rotatable bonds is 1. The Morgan fingerprint density at radius 3 is 0.871 bits per heavy atom. The second-order valence-electron chi connectivity index (χ2n) is 36.3. The Kier molecular flexibility index (Phi) is 23.4. The second-order valence-corrected chi connectivity index (χ2v) is 37.2. The maximum atomic E-state index is 13.4. The zero-order chi connectivity index (χ0) is 102. The van der Waals surface area contributed by atoms with E-state index in [1.165, 1.54) is 35.9 Å². The normalized spacial score (nSPS) is 11.5. The number of benzene rings is 15. The van der Waals surface area contributed by atoms with Crippen molar-refractivity contribution >= 4 is 263 Å². The summed E-state index contributed by atoms with van der Waals surface area (Å²) in [6.45, 7) is 19.8. The molecule has 0 radical (unpaired) electrons. The lowest BCUT2D eigenvalue weighted by atomic mass is 10.0. The van der Waals surface area contributed by atoms with Crippen LogP contribution < -0.4 is 39.4 Å². The molecule has 0 spiro atoms. The van der Waals surface area contributed by atoms with Crippen molar-refractivity contribution in [2.24, 2.45) is 0 Å². The molecule has 0 saturated carbocycles. The van der Waals surface area contributed by atoms with Gasteiger partial charge in [0.1, 0.15) is 127 Å². The molecule has 0 aliphatic heterocycles. The van der Waals surface area contributed by atoms with Gasteiger partial charge in [0.2, 0.25) is 0 Å². The minimum Gasteiger partial charge on any atom is -0.508 e. The molecule has 0 amide bonds. The second kappa shape index (κ2) is 36.9. The Labute approximate surface area is 832 Å². The highest BCUT2D eigenvalue weighted by Gasteiger charge is 2.26. The van der Waals surface area contributed by atoms with Crippen molar-refractivity contribution in [3.63, 3.8) is 0 Å². The van der Waals surface area contributed by atoms with Crippen LogP contribution in [0.25, 0.3) is 241 Å². The lowest BCUT2D eigenvalue weighted by Gasteiger charge is -1.99. The van der Waals surface area contributed by atoms with Crippen LogP contribution in [0.4, 0.5) is 4.39 Å². The summed E-state index contributed by atoms with van der Waals surface area (Å²) in [6.07, 6.45) is 1.17. The van der Waals surface area contributed by atoms with Crippen molar-refractivity contribution in [3.05, 3.63) is 412 Å². The Balaban J connectivity index is 0.0000000970. The van der Waals surface area contributed by atoms with Gasteiger partial charge < -0.3 is 66.9 Å². The first-order valence-corrected chi connectivity index (χ1v) is 47.3. The number of fused-ring (bicyclic) bond motifs is 37. The van der Waals surface area contributed by atoms with E-state index < -0.39 is 17.1 Å². The molecule has 24 nitrogen and oxygen atoms in total. The summed E-state index contributed by atoms with van der Waals surface area (Å²) in [5.74, 6) is -0.373. The molecule has 0 unspecified atom stereocenters. The van der Waals surface area contributed by atoms with Crippen molar-refractivity contribution in [2.75, 3.05) is 0 Å². The quantitative estimate of drug-likeness (QED) is 0.149. The molecule has 14 aromatic heterocycles. The average molecular weight is 2010 g/mol. The summed E-state index contributed by atoms with van der Waals surface area (Å²) < 4.78 is 93.3. The van der Waals surface area contributed by atoms with Crippen LogP contribution in [0.2, 0.25) is 0 Å². The summed E-state index contributed by atoms with van der Waals surface area (Å²) in [5, 5.41) is 25.7. The van der Waals surface area contributed by atoms with E-state index in [2.05, 4.69) is 22.9 Å². The predicted octanol–water partition coefficient (Wildman–Crippen LogP) is 30.4. The highest BCUT2D eigenvalue weighted by molar-refractivity contribution is 9.10. The van der Waals surface area contributed by atoms with Gasteiger partial charge >= 0.3 is 45.5 Å². The van der Waals surface area contributed by atoms with Gasteiger partial charge in [-0.2, -0.15) is 9.59 Å². The number of hydrogen-bond acceptors (Lipinski definition) is 24. The molecule has 0 aliphatic carbocycles. The van der Waals surface area contributed by atoms with E-state index in [1.54, 1.807) is 18.2 Å². The molecular formula is C121H78BrFO24. The minimum atomic E-state index is -0.512. The first kappa shape index (κ1) is 93.2. The van der Waals surface area contributed by atoms with Crippen LogP contribution >= 0.6 is 15.9 Å². The molecule has 29 rings (SSSR count). The Bertz CT molecular complexity index is 10400. The lowest BCUT2D eigenvalue weighted by molar-refractivity contribution is -0.191. The first-order chi connectivity index (χ1) is 71.0. The van der Waals surface area contributed by atoms with E-state index >= 15 is 0 Å². The van der Waals surface area contributed by atoms with Gasteiger partial charge in [0.05, 0.1) is 37.7 Å². The molecule has 1 N–H and O–H groups in total. The number of halogens is 2. The molecule has 0 aliphatic rings. The number of furan rings is 7. The van der Waals surface area contributed by atoms with Crippen molar-refractivity contribution < 1.29 is 80.9 Å². The summed E-state index contributed by atoms with van der Waals surface area (Å²) in [6, 6.07) is 84.0. The first-order valence-electron chi connectivity index (χ1n) is 46.5. The summed E-state index contributed by atoms with van der Waals surface area (Å²) in [4.78, 5) is 102. The van der Waals surface area contributed by atoms with Crippen LogP contribution in [-0.2, 0) is 16.0 Å². The van der Waals surface area contributed by atoms with Crippen molar-refractivity contribution in [3.8, 4) is 5.75 Å². The van der Waals surface area contributed by atoms with Crippen LogP contribution in [0.15, 0.2) is 373 Å². The van der Waals surface area contributed by atoms with Gasteiger partial charge in [0.25, 0.3) is 0 Å². The highest BCUT2D eigenvalue weighted by Crippen LogP contribution is 2.43. The van der Waals surface area contributed by atoms with E-state index in [0.717, 1.165) is 137 Å². The van der Waals surface area contributed by atoms with Crippen LogP contribution in [-0.4, -0.2) is 11.3 Å². The van der Waals surface area contributed by atoms with E-state index in [1.807, 2.05) is 287 Å². The molecular weight excluding hydrogens is 1940 g/mol. The fourth-order valence-electron chi connectivity index (χ4n) is 19.0. The standard InChI is InChI=1S/C20H12O3.C18H14O3.3C17H12O3.C16H9FO3.C15H7BrO4.CO2/c1-11-6-8-14-16(10-11)23-20(21)18-17-13-5-3-2-4-12(13)7-9-15(17)22-19(14)18;1-3-11-5-7-14-13(9-11)16-17(20-14)12-6-4-10(2)8-15(12)21-18(16)19;2*1-9-4-6-13-12(7-9)15-16(19-13)11-5-3-10(2)8-14(11)20-17(15)18;1-9-3-5-11-13(7-9)19-16-12-6-4-10(2)8-14(12)20-17(18)15(11)16;1-8-2-4-10-13(6-8)20-16(18)14-11-7-9(17)3-5-12(11)19-15(10)14;16-7-1-4-11-10(5-7)13-14(19-11)9-3-2-8(17)6-12(9)20-15(13)18;2-1-3/h2-10H,1H3;4-9H,3H2,1-2H3;3*3-8H,1-2H3;2-7H,1H3;1-6,17H;. The number of carbonyl (C=O) groups excluding carboxylic acids is 2. The number of phenols is 1. The molecule has 720 valence electrons. The Morgan fingerprint density at radius 2 is 0.490 bits per heavy atom. The summed E-state index contributed by atoms with van der Waals surface area (Å²) >= 11 is 3.38. The Morgan fingerprint density at radius 1 is 0.231 bits per heavy atom. The average Bonchev–Trinajstić information content (AvgIpc) is 1.56. The van der Waals surface area contributed by atoms with E-state index in [0.29, 0.717) is 160 Å². The van der Waals surface area contributed by atoms with Gasteiger partial charge in [-0.05, 0) is 300 Å². The van der Waals surface area contributed by atoms with Gasteiger partial charge in [0.15, 0.2) is 39.1 Å².